The molecule has 7 heteroatoms. The highest BCUT2D eigenvalue weighted by Crippen LogP contribution is 2.29. The van der Waals surface area contributed by atoms with Crippen molar-refractivity contribution >= 4 is 34.0 Å². The Morgan fingerprint density at radius 2 is 1.96 bits per heavy atom. The van der Waals surface area contributed by atoms with E-state index in [-0.39, 0.29) is 5.02 Å². The van der Waals surface area contributed by atoms with Gasteiger partial charge in [-0.2, -0.15) is 5.10 Å². The van der Waals surface area contributed by atoms with Crippen molar-refractivity contribution in [2.75, 3.05) is 5.32 Å². The Morgan fingerprint density at radius 3 is 2.72 bits per heavy atom. The smallest absolute Gasteiger partial charge is 0.141 e. The minimum absolute atomic E-state index is 0.0550. The van der Waals surface area contributed by atoms with Crippen molar-refractivity contribution in [3.63, 3.8) is 0 Å². The molecular weight excluding hydrogens is 341 g/mol. The fraction of sp³-hybridized carbons (Fsp3) is 0.0556. The average molecular weight is 354 g/mol. The second-order valence-electron chi connectivity index (χ2n) is 5.61. The van der Waals surface area contributed by atoms with Gasteiger partial charge in [0.2, 0.25) is 0 Å². The fourth-order valence-corrected chi connectivity index (χ4v) is 2.80. The van der Waals surface area contributed by atoms with Gasteiger partial charge in [-0.1, -0.05) is 17.7 Å². The molecule has 0 bridgehead atoms. The van der Waals surface area contributed by atoms with Crippen molar-refractivity contribution in [3.05, 3.63) is 66.0 Å². The fourth-order valence-electron chi connectivity index (χ4n) is 2.62. The summed E-state index contributed by atoms with van der Waals surface area (Å²) in [5.74, 6) is 0.164. The molecule has 0 fully saturated rings. The highest BCUT2D eigenvalue weighted by Gasteiger charge is 2.09. The normalized spacial score (nSPS) is 11.0. The van der Waals surface area contributed by atoms with E-state index in [0.29, 0.717) is 11.5 Å². The molecule has 0 amide bonds. The molecule has 1 N–H and O–H groups in total. The second kappa shape index (κ2) is 6.14. The van der Waals surface area contributed by atoms with Crippen LogP contribution in [-0.4, -0.2) is 19.7 Å². The van der Waals surface area contributed by atoms with Gasteiger partial charge >= 0.3 is 0 Å². The maximum absolute atomic E-state index is 13.3. The highest BCUT2D eigenvalue weighted by molar-refractivity contribution is 6.31. The van der Waals surface area contributed by atoms with Gasteiger partial charge < -0.3 is 5.32 Å². The number of hydrogen-bond donors (Lipinski definition) is 1. The molecule has 25 heavy (non-hydrogen) atoms. The number of halogens is 2. The van der Waals surface area contributed by atoms with Gasteiger partial charge in [0.1, 0.15) is 18.0 Å². The van der Waals surface area contributed by atoms with Crippen molar-refractivity contribution in [2.24, 2.45) is 7.05 Å². The van der Waals surface area contributed by atoms with Gasteiger partial charge in [-0.3, -0.25) is 4.68 Å². The zero-order valence-corrected chi connectivity index (χ0v) is 14.0. The van der Waals surface area contributed by atoms with E-state index < -0.39 is 5.82 Å². The molecule has 0 aliphatic heterocycles. The van der Waals surface area contributed by atoms with Crippen LogP contribution < -0.4 is 5.32 Å². The summed E-state index contributed by atoms with van der Waals surface area (Å²) in [6, 6.07) is 10.4. The second-order valence-corrected chi connectivity index (χ2v) is 6.02. The van der Waals surface area contributed by atoms with E-state index in [1.807, 2.05) is 31.4 Å². The van der Waals surface area contributed by atoms with Crippen LogP contribution in [0.25, 0.3) is 22.0 Å². The van der Waals surface area contributed by atoms with Gasteiger partial charge in [-0.25, -0.2) is 14.4 Å². The molecule has 2 aromatic carbocycles. The van der Waals surface area contributed by atoms with Crippen LogP contribution in [0.3, 0.4) is 0 Å². The summed E-state index contributed by atoms with van der Waals surface area (Å²) in [6.45, 7) is 0. The monoisotopic (exact) mass is 353 g/mol. The number of rotatable bonds is 3. The maximum atomic E-state index is 13.3. The first-order chi connectivity index (χ1) is 12.1. The van der Waals surface area contributed by atoms with Crippen LogP contribution >= 0.6 is 11.6 Å². The Morgan fingerprint density at radius 1 is 1.08 bits per heavy atom. The lowest BCUT2D eigenvalue weighted by Crippen LogP contribution is -1.96. The zero-order valence-electron chi connectivity index (χ0n) is 13.2. The third-order valence-corrected chi connectivity index (χ3v) is 4.15. The van der Waals surface area contributed by atoms with E-state index in [1.54, 1.807) is 16.9 Å². The number of nitrogens with zero attached hydrogens (tertiary/aromatic N) is 4. The van der Waals surface area contributed by atoms with Gasteiger partial charge in [-0.15, -0.1) is 0 Å². The minimum atomic E-state index is -0.460. The molecular formula is C18H13ClFN5. The molecule has 0 aliphatic rings. The topological polar surface area (TPSA) is 55.6 Å². The molecule has 124 valence electrons. The van der Waals surface area contributed by atoms with E-state index in [2.05, 4.69) is 20.4 Å². The Balaban J connectivity index is 1.78. The highest BCUT2D eigenvalue weighted by atomic mass is 35.5. The van der Waals surface area contributed by atoms with Crippen LogP contribution in [-0.2, 0) is 7.05 Å². The number of aromatic nitrogens is 4. The summed E-state index contributed by atoms with van der Waals surface area (Å²) in [7, 11) is 1.87. The Kier molecular flexibility index (Phi) is 3.82. The molecule has 0 aliphatic carbocycles. The lowest BCUT2D eigenvalue weighted by molar-refractivity contribution is 0.628. The molecule has 2 heterocycles. The van der Waals surface area contributed by atoms with E-state index >= 15 is 0 Å². The number of fused-ring (bicyclic) bond motifs is 1. The molecule has 0 radical (unpaired) electrons. The predicted octanol–water partition coefficient (Wildman–Crippen LogP) is 4.57. The van der Waals surface area contributed by atoms with Gasteiger partial charge in [0.25, 0.3) is 0 Å². The van der Waals surface area contributed by atoms with Crippen LogP contribution in [0, 0.1) is 5.82 Å². The van der Waals surface area contributed by atoms with Crippen LogP contribution in [0.5, 0.6) is 0 Å². The zero-order chi connectivity index (χ0) is 17.4. The van der Waals surface area contributed by atoms with Gasteiger partial charge in [0.05, 0.1) is 16.7 Å². The molecule has 4 rings (SSSR count). The van der Waals surface area contributed by atoms with Crippen LogP contribution in [0.4, 0.5) is 15.9 Å². The first kappa shape index (κ1) is 15.5. The van der Waals surface area contributed by atoms with Gasteiger partial charge in [0, 0.05) is 29.9 Å². The minimum Gasteiger partial charge on any atom is -0.340 e. The van der Waals surface area contributed by atoms with Crippen LogP contribution in [0.2, 0.25) is 5.02 Å². The Labute approximate surface area is 148 Å². The first-order valence-electron chi connectivity index (χ1n) is 7.56. The number of anilines is 2. The van der Waals surface area contributed by atoms with Gasteiger partial charge in [-0.05, 0) is 35.9 Å². The third-order valence-electron chi connectivity index (χ3n) is 3.86. The average Bonchev–Trinajstić information content (AvgIpc) is 3.05. The molecule has 2 aromatic heterocycles. The lowest BCUT2D eigenvalue weighted by atomic mass is 10.1. The van der Waals surface area contributed by atoms with E-state index in [9.17, 15) is 4.39 Å². The summed E-state index contributed by atoms with van der Waals surface area (Å²) in [4.78, 5) is 8.61. The largest absolute Gasteiger partial charge is 0.340 e. The van der Waals surface area contributed by atoms with Crippen LogP contribution in [0.1, 0.15) is 0 Å². The first-order valence-corrected chi connectivity index (χ1v) is 7.94. The van der Waals surface area contributed by atoms with Crippen molar-refractivity contribution in [2.45, 2.75) is 0 Å². The van der Waals surface area contributed by atoms with E-state index in [1.165, 1.54) is 18.5 Å². The van der Waals surface area contributed by atoms with Crippen molar-refractivity contribution in [1.29, 1.82) is 0 Å². The summed E-state index contributed by atoms with van der Waals surface area (Å²) in [5.41, 5.74) is 3.47. The SMILES string of the molecule is Cn1cc(-c2ccc3ncnc(Nc4ccc(F)c(Cl)c4)c3c2)cn1. The Hall–Kier alpha value is -2.99. The third kappa shape index (κ3) is 3.04. The summed E-state index contributed by atoms with van der Waals surface area (Å²) < 4.78 is 15.1. The molecule has 0 saturated heterocycles. The summed E-state index contributed by atoms with van der Waals surface area (Å²) in [5, 5.41) is 8.28. The number of benzene rings is 2. The van der Waals surface area contributed by atoms with Crippen molar-refractivity contribution in [1.82, 2.24) is 19.7 Å². The molecule has 0 unspecified atom stereocenters. The maximum Gasteiger partial charge on any atom is 0.141 e. The number of aryl methyl sites for hydroxylation is 1. The molecule has 4 aromatic rings. The summed E-state index contributed by atoms with van der Waals surface area (Å²) in [6.07, 6.45) is 5.23. The molecule has 0 spiro atoms. The van der Waals surface area contributed by atoms with Crippen LogP contribution in [0.15, 0.2) is 55.1 Å². The van der Waals surface area contributed by atoms with E-state index in [0.717, 1.165) is 22.0 Å². The molecule has 5 nitrogen and oxygen atoms in total. The van der Waals surface area contributed by atoms with Gasteiger partial charge in [0.15, 0.2) is 0 Å². The predicted molar refractivity (Wildman–Crippen MR) is 96.4 cm³/mol. The standard InChI is InChI=1S/C18H13ClFN5/c1-25-9-12(8-23-25)11-2-5-17-14(6-11)18(22-10-21-17)24-13-3-4-16(20)15(19)7-13/h2-10H,1H3,(H,21,22,24). The quantitative estimate of drug-likeness (QED) is 0.586. The van der Waals surface area contributed by atoms with Crippen molar-refractivity contribution < 1.29 is 4.39 Å². The lowest BCUT2D eigenvalue weighted by Gasteiger charge is -2.10. The molecule has 0 atom stereocenters. The number of hydrogen-bond acceptors (Lipinski definition) is 4. The van der Waals surface area contributed by atoms with Crippen molar-refractivity contribution in [3.8, 4) is 11.1 Å². The Bertz CT molecular complexity index is 1080. The number of nitrogens with one attached hydrogen (secondary N) is 1. The van der Waals surface area contributed by atoms with E-state index in [4.69, 9.17) is 11.6 Å². The molecule has 0 saturated carbocycles. The summed E-state index contributed by atoms with van der Waals surface area (Å²) >= 11 is 5.85.